The summed E-state index contributed by atoms with van der Waals surface area (Å²) in [6, 6.07) is 13.3. The zero-order valence-corrected chi connectivity index (χ0v) is 13.6. The third-order valence-corrected chi connectivity index (χ3v) is 4.17. The van der Waals surface area contributed by atoms with Crippen LogP contribution in [0.4, 0.5) is 0 Å². The minimum Gasteiger partial charge on any atom is -0.198 e. The van der Waals surface area contributed by atoms with Crippen molar-refractivity contribution in [1.82, 2.24) is 0 Å². The molecule has 1 unspecified atom stereocenters. The standard InChI is InChI=1S/C20H23N/c1-13-6-7-15(3)18(10-13)11-19(12-21)20-16(4)8-14(2)9-17(20)5/h6-10,19H,11H2,1-5H3. The highest BCUT2D eigenvalue weighted by Gasteiger charge is 2.17. The van der Waals surface area contributed by atoms with E-state index in [0.29, 0.717) is 0 Å². The molecule has 0 bridgehead atoms. The molecule has 2 aromatic carbocycles. The van der Waals surface area contributed by atoms with Crippen LogP contribution in [0.1, 0.15) is 44.9 Å². The Hall–Kier alpha value is -2.07. The second-order valence-corrected chi connectivity index (χ2v) is 6.13. The molecule has 108 valence electrons. The van der Waals surface area contributed by atoms with Crippen molar-refractivity contribution in [2.75, 3.05) is 0 Å². The van der Waals surface area contributed by atoms with E-state index in [2.05, 4.69) is 71.0 Å². The van der Waals surface area contributed by atoms with Crippen LogP contribution in [-0.2, 0) is 6.42 Å². The predicted molar refractivity (Wildman–Crippen MR) is 88.6 cm³/mol. The third-order valence-electron chi connectivity index (χ3n) is 4.17. The summed E-state index contributed by atoms with van der Waals surface area (Å²) in [7, 11) is 0. The zero-order chi connectivity index (χ0) is 15.6. The van der Waals surface area contributed by atoms with Gasteiger partial charge in [0.15, 0.2) is 0 Å². The highest BCUT2D eigenvalue weighted by atomic mass is 14.3. The van der Waals surface area contributed by atoms with Gasteiger partial charge in [0, 0.05) is 0 Å². The number of rotatable bonds is 3. The molecule has 0 aliphatic carbocycles. The maximum Gasteiger partial charge on any atom is 0.0758 e. The van der Waals surface area contributed by atoms with Crippen molar-refractivity contribution in [3.63, 3.8) is 0 Å². The van der Waals surface area contributed by atoms with Crippen LogP contribution in [0.2, 0.25) is 0 Å². The van der Waals surface area contributed by atoms with Crippen LogP contribution in [0.5, 0.6) is 0 Å². The summed E-state index contributed by atoms with van der Waals surface area (Å²) < 4.78 is 0. The van der Waals surface area contributed by atoms with Crippen molar-refractivity contribution in [3.8, 4) is 6.07 Å². The summed E-state index contributed by atoms with van der Waals surface area (Å²) in [6.45, 7) is 10.6. The Balaban J connectivity index is 2.42. The van der Waals surface area contributed by atoms with Gasteiger partial charge in [-0.1, -0.05) is 41.5 Å². The van der Waals surface area contributed by atoms with Crippen LogP contribution >= 0.6 is 0 Å². The average Bonchev–Trinajstić information content (AvgIpc) is 2.40. The lowest BCUT2D eigenvalue weighted by Gasteiger charge is -2.18. The van der Waals surface area contributed by atoms with Crippen LogP contribution < -0.4 is 0 Å². The summed E-state index contributed by atoms with van der Waals surface area (Å²) in [4.78, 5) is 0. The molecule has 0 aromatic heterocycles. The largest absolute Gasteiger partial charge is 0.198 e. The van der Waals surface area contributed by atoms with E-state index < -0.39 is 0 Å². The Bertz CT molecular complexity index is 681. The minimum absolute atomic E-state index is 0.0777. The number of nitrogens with zero attached hydrogens (tertiary/aromatic N) is 1. The first kappa shape index (κ1) is 15.3. The summed E-state index contributed by atoms with van der Waals surface area (Å²) in [6.07, 6.45) is 0.786. The van der Waals surface area contributed by atoms with Gasteiger partial charge in [0.25, 0.3) is 0 Å². The van der Waals surface area contributed by atoms with Crippen molar-refractivity contribution in [1.29, 1.82) is 5.26 Å². The molecule has 2 aromatic rings. The van der Waals surface area contributed by atoms with Crippen molar-refractivity contribution in [3.05, 3.63) is 69.3 Å². The molecule has 0 heterocycles. The summed E-state index contributed by atoms with van der Waals surface area (Å²) in [5.41, 5.74) is 8.71. The fourth-order valence-corrected chi connectivity index (χ4v) is 3.19. The monoisotopic (exact) mass is 277 g/mol. The molecule has 0 spiro atoms. The van der Waals surface area contributed by atoms with E-state index in [1.807, 2.05) is 0 Å². The summed E-state index contributed by atoms with van der Waals surface area (Å²) in [5, 5.41) is 9.67. The van der Waals surface area contributed by atoms with Crippen molar-refractivity contribution >= 4 is 0 Å². The first-order valence-electron chi connectivity index (χ1n) is 7.46. The minimum atomic E-state index is -0.0777. The second kappa shape index (κ2) is 6.14. The van der Waals surface area contributed by atoms with E-state index >= 15 is 0 Å². The molecule has 0 fully saturated rings. The molecular formula is C20H23N. The Labute approximate surface area is 128 Å². The van der Waals surface area contributed by atoms with Crippen molar-refractivity contribution < 1.29 is 0 Å². The van der Waals surface area contributed by atoms with E-state index in [4.69, 9.17) is 0 Å². The number of hydrogen-bond acceptors (Lipinski definition) is 1. The summed E-state index contributed by atoms with van der Waals surface area (Å²) in [5.74, 6) is -0.0777. The molecule has 21 heavy (non-hydrogen) atoms. The molecule has 0 saturated heterocycles. The molecule has 1 nitrogen and oxygen atoms in total. The molecule has 0 saturated carbocycles. The average molecular weight is 277 g/mol. The topological polar surface area (TPSA) is 23.8 Å². The Morgan fingerprint density at radius 1 is 0.857 bits per heavy atom. The fraction of sp³-hybridized carbons (Fsp3) is 0.350. The first-order valence-corrected chi connectivity index (χ1v) is 7.46. The predicted octanol–water partition coefficient (Wildman–Crippen LogP) is 5.08. The molecule has 0 aliphatic heterocycles. The lowest BCUT2D eigenvalue weighted by molar-refractivity contribution is 0.826. The molecule has 0 amide bonds. The van der Waals surface area contributed by atoms with Gasteiger partial charge in [-0.2, -0.15) is 5.26 Å². The molecule has 1 heteroatoms. The Kier molecular flexibility index (Phi) is 4.48. The molecule has 0 N–H and O–H groups in total. The van der Waals surface area contributed by atoms with Gasteiger partial charge in [0.1, 0.15) is 0 Å². The maximum absolute atomic E-state index is 9.67. The molecule has 0 radical (unpaired) electrons. The first-order chi connectivity index (χ1) is 9.92. The van der Waals surface area contributed by atoms with Gasteiger partial charge in [-0.15, -0.1) is 0 Å². The van der Waals surface area contributed by atoms with Crippen LogP contribution in [0.25, 0.3) is 0 Å². The van der Waals surface area contributed by atoms with Gasteiger partial charge in [-0.25, -0.2) is 0 Å². The van der Waals surface area contributed by atoms with E-state index in [-0.39, 0.29) is 5.92 Å². The van der Waals surface area contributed by atoms with Gasteiger partial charge >= 0.3 is 0 Å². The van der Waals surface area contributed by atoms with Crippen LogP contribution in [-0.4, -0.2) is 0 Å². The van der Waals surface area contributed by atoms with Crippen LogP contribution in [0, 0.1) is 45.9 Å². The quantitative estimate of drug-likeness (QED) is 0.767. The fourth-order valence-electron chi connectivity index (χ4n) is 3.19. The highest BCUT2D eigenvalue weighted by molar-refractivity contribution is 5.44. The molecule has 0 aliphatic rings. The molecule has 2 rings (SSSR count). The van der Waals surface area contributed by atoms with E-state index in [0.717, 1.165) is 6.42 Å². The number of benzene rings is 2. The normalized spacial score (nSPS) is 12.0. The van der Waals surface area contributed by atoms with Gasteiger partial charge in [0.05, 0.1) is 12.0 Å². The SMILES string of the molecule is Cc1cc(C)c(C(C#N)Cc2cc(C)ccc2C)c(C)c1. The number of nitriles is 1. The van der Waals surface area contributed by atoms with E-state index in [1.54, 1.807) is 0 Å². The zero-order valence-electron chi connectivity index (χ0n) is 13.6. The highest BCUT2D eigenvalue weighted by Crippen LogP contribution is 2.29. The van der Waals surface area contributed by atoms with Gasteiger partial charge < -0.3 is 0 Å². The number of hydrogen-bond donors (Lipinski definition) is 0. The summed E-state index contributed by atoms with van der Waals surface area (Å²) >= 11 is 0. The molecular weight excluding hydrogens is 254 g/mol. The van der Waals surface area contributed by atoms with Crippen LogP contribution in [0.15, 0.2) is 30.3 Å². The number of aryl methyl sites for hydroxylation is 5. The van der Waals surface area contributed by atoms with E-state index in [9.17, 15) is 5.26 Å². The Morgan fingerprint density at radius 3 is 2.05 bits per heavy atom. The van der Waals surface area contributed by atoms with E-state index in [1.165, 1.54) is 38.9 Å². The second-order valence-electron chi connectivity index (χ2n) is 6.13. The smallest absolute Gasteiger partial charge is 0.0758 e. The Morgan fingerprint density at radius 2 is 1.48 bits per heavy atom. The lowest BCUT2D eigenvalue weighted by Crippen LogP contribution is -2.07. The maximum atomic E-state index is 9.67. The van der Waals surface area contributed by atoms with Crippen molar-refractivity contribution in [2.45, 2.75) is 47.0 Å². The van der Waals surface area contributed by atoms with Gasteiger partial charge in [-0.3, -0.25) is 0 Å². The van der Waals surface area contributed by atoms with Gasteiger partial charge in [0.2, 0.25) is 0 Å². The van der Waals surface area contributed by atoms with Crippen LogP contribution in [0.3, 0.4) is 0 Å². The lowest BCUT2D eigenvalue weighted by atomic mass is 9.85. The molecule has 1 atom stereocenters. The van der Waals surface area contributed by atoms with Gasteiger partial charge in [-0.05, 0) is 68.9 Å². The third kappa shape index (κ3) is 3.34. The van der Waals surface area contributed by atoms with Crippen molar-refractivity contribution in [2.24, 2.45) is 0 Å².